The molecule has 2 heterocycles. The Morgan fingerprint density at radius 2 is 2.07 bits per heavy atom. The molecule has 0 radical (unpaired) electrons. The number of nitrogen functional groups attached to an aromatic ring is 1. The first-order chi connectivity index (χ1) is 7.31. The monoisotopic (exact) mass is 202 g/mol. The van der Waals surface area contributed by atoms with Gasteiger partial charge >= 0.3 is 0 Å². The molecule has 15 heavy (non-hydrogen) atoms. The highest BCUT2D eigenvalue weighted by atomic mass is 16.5. The third kappa shape index (κ3) is 1.85. The van der Waals surface area contributed by atoms with Crippen molar-refractivity contribution < 1.29 is 4.74 Å². The first-order valence-corrected chi connectivity index (χ1v) is 4.39. The first-order valence-electron chi connectivity index (χ1n) is 4.39. The summed E-state index contributed by atoms with van der Waals surface area (Å²) in [6, 6.07) is 5.21. The molecule has 0 aromatic carbocycles. The molecule has 0 saturated heterocycles. The number of nitrogens with zero attached hydrogens (tertiary/aromatic N) is 3. The molecule has 0 fully saturated rings. The third-order valence-electron chi connectivity index (χ3n) is 1.88. The number of ether oxygens (including phenoxy) is 1. The SMILES string of the molecule is COc1cccnc1-c1nccc(N)n1. The van der Waals surface area contributed by atoms with Crippen molar-refractivity contribution in [2.24, 2.45) is 0 Å². The van der Waals surface area contributed by atoms with E-state index in [-0.39, 0.29) is 0 Å². The fourth-order valence-corrected chi connectivity index (χ4v) is 1.21. The zero-order valence-electron chi connectivity index (χ0n) is 8.21. The van der Waals surface area contributed by atoms with E-state index in [9.17, 15) is 0 Å². The lowest BCUT2D eigenvalue weighted by atomic mass is 10.3. The summed E-state index contributed by atoms with van der Waals surface area (Å²) in [6.45, 7) is 0. The largest absolute Gasteiger partial charge is 0.494 e. The van der Waals surface area contributed by atoms with Gasteiger partial charge in [-0.2, -0.15) is 0 Å². The molecule has 0 bridgehead atoms. The average Bonchev–Trinajstić information content (AvgIpc) is 2.29. The van der Waals surface area contributed by atoms with Crippen molar-refractivity contribution in [3.63, 3.8) is 0 Å². The van der Waals surface area contributed by atoms with Crippen molar-refractivity contribution in [3.8, 4) is 17.3 Å². The van der Waals surface area contributed by atoms with Crippen molar-refractivity contribution >= 4 is 5.82 Å². The van der Waals surface area contributed by atoms with Crippen molar-refractivity contribution in [2.75, 3.05) is 12.8 Å². The number of rotatable bonds is 2. The minimum Gasteiger partial charge on any atom is -0.494 e. The Bertz CT molecular complexity index is 472. The summed E-state index contributed by atoms with van der Waals surface area (Å²) in [7, 11) is 1.58. The summed E-state index contributed by atoms with van der Waals surface area (Å²) in [5.41, 5.74) is 6.16. The normalized spacial score (nSPS) is 9.93. The molecular weight excluding hydrogens is 192 g/mol. The summed E-state index contributed by atoms with van der Waals surface area (Å²) >= 11 is 0. The van der Waals surface area contributed by atoms with Gasteiger partial charge in [0, 0.05) is 12.4 Å². The number of pyridine rings is 1. The lowest BCUT2D eigenvalue weighted by molar-refractivity contribution is 0.414. The van der Waals surface area contributed by atoms with E-state index in [1.54, 1.807) is 37.7 Å². The van der Waals surface area contributed by atoms with Crippen molar-refractivity contribution in [1.82, 2.24) is 15.0 Å². The van der Waals surface area contributed by atoms with Gasteiger partial charge in [0.15, 0.2) is 5.82 Å². The van der Waals surface area contributed by atoms with Crippen LogP contribution in [0.4, 0.5) is 5.82 Å². The highest BCUT2D eigenvalue weighted by Gasteiger charge is 2.08. The molecule has 0 aliphatic rings. The second kappa shape index (κ2) is 3.91. The van der Waals surface area contributed by atoms with Crippen LogP contribution in [0, 0.1) is 0 Å². The molecule has 2 aromatic rings. The molecule has 0 unspecified atom stereocenters. The minimum absolute atomic E-state index is 0.410. The molecule has 0 atom stereocenters. The Balaban J connectivity index is 2.53. The molecule has 2 rings (SSSR count). The predicted molar refractivity (Wildman–Crippen MR) is 56.2 cm³/mol. The quantitative estimate of drug-likeness (QED) is 0.790. The standard InChI is InChI=1S/C10H10N4O/c1-15-7-3-2-5-12-9(7)10-13-6-4-8(11)14-10/h2-6H,1H3,(H2,11,13,14). The van der Waals surface area contributed by atoms with E-state index in [1.165, 1.54) is 0 Å². The summed E-state index contributed by atoms with van der Waals surface area (Å²) in [5.74, 6) is 1.50. The predicted octanol–water partition coefficient (Wildman–Crippen LogP) is 1.13. The van der Waals surface area contributed by atoms with Crippen LogP contribution in [0.5, 0.6) is 5.75 Å². The molecule has 2 N–H and O–H groups in total. The van der Waals surface area contributed by atoms with Crippen LogP contribution < -0.4 is 10.5 Å². The zero-order valence-corrected chi connectivity index (χ0v) is 8.21. The van der Waals surface area contributed by atoms with Gasteiger partial charge in [-0.25, -0.2) is 15.0 Å². The Hall–Kier alpha value is -2.17. The van der Waals surface area contributed by atoms with E-state index < -0.39 is 0 Å². The van der Waals surface area contributed by atoms with Crippen LogP contribution in [0.2, 0.25) is 0 Å². The van der Waals surface area contributed by atoms with E-state index in [4.69, 9.17) is 10.5 Å². The summed E-state index contributed by atoms with van der Waals surface area (Å²) in [4.78, 5) is 12.3. The highest BCUT2D eigenvalue weighted by molar-refractivity contribution is 5.59. The van der Waals surface area contributed by atoms with Gasteiger partial charge in [-0.05, 0) is 18.2 Å². The van der Waals surface area contributed by atoms with Gasteiger partial charge in [0.05, 0.1) is 7.11 Å². The fourth-order valence-electron chi connectivity index (χ4n) is 1.21. The average molecular weight is 202 g/mol. The highest BCUT2D eigenvalue weighted by Crippen LogP contribution is 2.23. The fraction of sp³-hybridized carbons (Fsp3) is 0.100. The minimum atomic E-state index is 0.410. The van der Waals surface area contributed by atoms with Gasteiger partial charge in [0.2, 0.25) is 0 Å². The lowest BCUT2D eigenvalue weighted by Gasteiger charge is -2.05. The van der Waals surface area contributed by atoms with Crippen LogP contribution in [0.15, 0.2) is 30.6 Å². The van der Waals surface area contributed by atoms with Gasteiger partial charge in [-0.1, -0.05) is 0 Å². The maximum absolute atomic E-state index is 5.57. The Morgan fingerprint density at radius 1 is 1.20 bits per heavy atom. The molecule has 0 spiro atoms. The number of aromatic nitrogens is 3. The van der Waals surface area contributed by atoms with Crippen LogP contribution in [0.1, 0.15) is 0 Å². The van der Waals surface area contributed by atoms with E-state index >= 15 is 0 Å². The molecule has 0 saturated carbocycles. The number of methoxy groups -OCH3 is 1. The maximum atomic E-state index is 5.57. The molecule has 2 aromatic heterocycles. The maximum Gasteiger partial charge on any atom is 0.183 e. The molecule has 0 amide bonds. The number of hydrogen-bond donors (Lipinski definition) is 1. The first kappa shape index (κ1) is 9.39. The molecule has 76 valence electrons. The summed E-state index contributed by atoms with van der Waals surface area (Å²) in [6.07, 6.45) is 3.25. The van der Waals surface area contributed by atoms with Gasteiger partial charge in [-0.15, -0.1) is 0 Å². The Labute approximate surface area is 87.0 Å². The van der Waals surface area contributed by atoms with E-state index in [0.29, 0.717) is 23.1 Å². The van der Waals surface area contributed by atoms with Gasteiger partial charge in [-0.3, -0.25) is 0 Å². The van der Waals surface area contributed by atoms with Gasteiger partial charge in [0.25, 0.3) is 0 Å². The van der Waals surface area contributed by atoms with Crippen LogP contribution in [-0.2, 0) is 0 Å². The van der Waals surface area contributed by atoms with Crippen LogP contribution >= 0.6 is 0 Å². The summed E-state index contributed by atoms with van der Waals surface area (Å²) < 4.78 is 5.16. The van der Waals surface area contributed by atoms with Crippen molar-refractivity contribution in [1.29, 1.82) is 0 Å². The molecular formula is C10H10N4O. The number of anilines is 1. The van der Waals surface area contributed by atoms with Crippen LogP contribution in [0.25, 0.3) is 11.5 Å². The van der Waals surface area contributed by atoms with Crippen molar-refractivity contribution in [3.05, 3.63) is 30.6 Å². The molecule has 0 aliphatic carbocycles. The Morgan fingerprint density at radius 3 is 2.80 bits per heavy atom. The van der Waals surface area contributed by atoms with E-state index in [2.05, 4.69) is 15.0 Å². The smallest absolute Gasteiger partial charge is 0.183 e. The van der Waals surface area contributed by atoms with Crippen LogP contribution in [0.3, 0.4) is 0 Å². The zero-order chi connectivity index (χ0) is 10.7. The van der Waals surface area contributed by atoms with Gasteiger partial charge < -0.3 is 10.5 Å². The lowest BCUT2D eigenvalue weighted by Crippen LogP contribution is -1.98. The topological polar surface area (TPSA) is 73.9 Å². The second-order valence-corrected chi connectivity index (χ2v) is 2.86. The van der Waals surface area contributed by atoms with E-state index in [0.717, 1.165) is 0 Å². The van der Waals surface area contributed by atoms with Gasteiger partial charge in [0.1, 0.15) is 17.3 Å². The Kier molecular flexibility index (Phi) is 2.45. The number of nitrogens with two attached hydrogens (primary N) is 1. The van der Waals surface area contributed by atoms with E-state index in [1.807, 2.05) is 0 Å². The number of hydrogen-bond acceptors (Lipinski definition) is 5. The molecule has 5 nitrogen and oxygen atoms in total. The molecule has 5 heteroatoms. The second-order valence-electron chi connectivity index (χ2n) is 2.86. The third-order valence-corrected chi connectivity index (χ3v) is 1.88. The molecule has 0 aliphatic heterocycles. The van der Waals surface area contributed by atoms with Crippen molar-refractivity contribution in [2.45, 2.75) is 0 Å². The van der Waals surface area contributed by atoms with Crippen LogP contribution in [-0.4, -0.2) is 22.1 Å². The summed E-state index contributed by atoms with van der Waals surface area (Å²) in [5, 5.41) is 0.